The highest BCUT2D eigenvalue weighted by molar-refractivity contribution is 7.80. The van der Waals surface area contributed by atoms with E-state index in [4.69, 9.17) is 5.73 Å². The second-order valence-electron chi connectivity index (χ2n) is 6.29. The molecule has 0 spiro atoms. The van der Waals surface area contributed by atoms with Gasteiger partial charge in [-0.2, -0.15) is 0 Å². The zero-order valence-corrected chi connectivity index (χ0v) is 16.5. The van der Waals surface area contributed by atoms with Gasteiger partial charge in [0.1, 0.15) is 0 Å². The highest BCUT2D eigenvalue weighted by Gasteiger charge is 2.10. The number of carbonyl (C=O) groups excluding carboxylic acids is 1. The summed E-state index contributed by atoms with van der Waals surface area (Å²) in [5.74, 6) is -0.482. The standard InChI is InChI=1S/C22H22N4OS/c1-15-17(9-6-13-24-15)18-8-3-2-7-16(18)12-14-25-22(27)21(23)26-19-10-4-5-11-20(19)28/h2-11,13,28H,12,14H2,1H3,(H2,23,26)(H,25,27). The number of aryl methyl sites for hydroxylation is 1. The van der Waals surface area contributed by atoms with E-state index < -0.39 is 5.91 Å². The smallest absolute Gasteiger partial charge is 0.286 e. The topological polar surface area (TPSA) is 80.4 Å². The van der Waals surface area contributed by atoms with Crippen LogP contribution in [0.3, 0.4) is 0 Å². The normalized spacial score (nSPS) is 11.3. The SMILES string of the molecule is Cc1ncccc1-c1ccccc1CCNC(=O)/C(N)=N/c1ccccc1S. The van der Waals surface area contributed by atoms with Gasteiger partial charge in [-0.25, -0.2) is 4.99 Å². The summed E-state index contributed by atoms with van der Waals surface area (Å²) in [4.78, 5) is 21.4. The first kappa shape index (κ1) is 19.6. The summed E-state index contributed by atoms with van der Waals surface area (Å²) in [6.07, 6.45) is 2.46. The van der Waals surface area contributed by atoms with Gasteiger partial charge in [0.25, 0.3) is 5.91 Å². The van der Waals surface area contributed by atoms with Crippen molar-refractivity contribution in [3.63, 3.8) is 0 Å². The number of amidine groups is 1. The predicted octanol–water partition coefficient (Wildman–Crippen LogP) is 3.69. The van der Waals surface area contributed by atoms with Crippen molar-refractivity contribution in [2.45, 2.75) is 18.2 Å². The number of aliphatic imine (C=N–C) groups is 1. The van der Waals surface area contributed by atoms with Crippen LogP contribution in [0.5, 0.6) is 0 Å². The minimum Gasteiger partial charge on any atom is -0.379 e. The van der Waals surface area contributed by atoms with Crippen molar-refractivity contribution >= 4 is 30.1 Å². The van der Waals surface area contributed by atoms with Gasteiger partial charge in [-0.1, -0.05) is 42.5 Å². The number of thiol groups is 1. The molecule has 3 aromatic rings. The lowest BCUT2D eigenvalue weighted by molar-refractivity contribution is -0.114. The minimum atomic E-state index is -0.397. The number of benzene rings is 2. The number of aromatic nitrogens is 1. The van der Waals surface area contributed by atoms with Gasteiger partial charge in [0.05, 0.1) is 5.69 Å². The fraction of sp³-hybridized carbons (Fsp3) is 0.136. The number of hydrogen-bond acceptors (Lipinski definition) is 4. The summed E-state index contributed by atoms with van der Waals surface area (Å²) in [5.41, 5.74) is 10.7. The molecular formula is C22H22N4OS. The van der Waals surface area contributed by atoms with Crippen LogP contribution in [0.2, 0.25) is 0 Å². The third-order valence-corrected chi connectivity index (χ3v) is 4.73. The molecule has 0 radical (unpaired) electrons. The quantitative estimate of drug-likeness (QED) is 0.353. The summed E-state index contributed by atoms with van der Waals surface area (Å²) in [7, 11) is 0. The van der Waals surface area contributed by atoms with Gasteiger partial charge < -0.3 is 11.1 Å². The summed E-state index contributed by atoms with van der Waals surface area (Å²) >= 11 is 4.31. The summed E-state index contributed by atoms with van der Waals surface area (Å²) in [6.45, 7) is 2.44. The Morgan fingerprint density at radius 2 is 1.79 bits per heavy atom. The highest BCUT2D eigenvalue weighted by atomic mass is 32.1. The molecule has 0 fully saturated rings. The number of pyridine rings is 1. The summed E-state index contributed by atoms with van der Waals surface area (Å²) in [5, 5.41) is 2.83. The lowest BCUT2D eigenvalue weighted by Crippen LogP contribution is -2.37. The van der Waals surface area contributed by atoms with Crippen LogP contribution in [0, 0.1) is 6.92 Å². The van der Waals surface area contributed by atoms with Gasteiger partial charge >= 0.3 is 0 Å². The second kappa shape index (κ2) is 9.19. The number of nitrogens with two attached hydrogens (primary N) is 1. The largest absolute Gasteiger partial charge is 0.379 e. The number of amides is 1. The van der Waals surface area contributed by atoms with Gasteiger partial charge in [0.15, 0.2) is 5.84 Å². The van der Waals surface area contributed by atoms with Crippen LogP contribution >= 0.6 is 12.6 Å². The Bertz CT molecular complexity index is 1020. The van der Waals surface area contributed by atoms with Crippen LogP contribution in [0.15, 0.2) is 76.7 Å². The second-order valence-corrected chi connectivity index (χ2v) is 6.77. The zero-order valence-electron chi connectivity index (χ0n) is 15.6. The molecule has 3 N–H and O–H groups in total. The molecule has 0 aliphatic rings. The van der Waals surface area contributed by atoms with E-state index in [9.17, 15) is 4.79 Å². The first-order valence-electron chi connectivity index (χ1n) is 8.96. The monoisotopic (exact) mass is 390 g/mol. The van der Waals surface area contributed by atoms with E-state index in [1.54, 1.807) is 18.3 Å². The van der Waals surface area contributed by atoms with E-state index >= 15 is 0 Å². The lowest BCUT2D eigenvalue weighted by atomic mass is 9.97. The number of nitrogens with one attached hydrogen (secondary N) is 1. The molecule has 0 bridgehead atoms. The van der Waals surface area contributed by atoms with Gasteiger partial charge in [0, 0.05) is 28.9 Å². The molecule has 142 valence electrons. The molecule has 1 amide bonds. The van der Waals surface area contributed by atoms with E-state index in [2.05, 4.69) is 46.1 Å². The summed E-state index contributed by atoms with van der Waals surface area (Å²) < 4.78 is 0. The molecule has 0 atom stereocenters. The van der Waals surface area contributed by atoms with Gasteiger partial charge in [0.2, 0.25) is 0 Å². The molecule has 1 aromatic heterocycles. The van der Waals surface area contributed by atoms with Crippen molar-refractivity contribution in [1.82, 2.24) is 10.3 Å². The Labute approximate surface area is 170 Å². The average Bonchev–Trinajstić information content (AvgIpc) is 2.70. The van der Waals surface area contributed by atoms with E-state index in [-0.39, 0.29) is 5.84 Å². The fourth-order valence-corrected chi connectivity index (χ4v) is 3.12. The lowest BCUT2D eigenvalue weighted by Gasteiger charge is -2.12. The molecule has 3 rings (SSSR count). The Morgan fingerprint density at radius 1 is 1.07 bits per heavy atom. The molecule has 2 aromatic carbocycles. The van der Waals surface area contributed by atoms with Gasteiger partial charge in [-0.05, 0) is 42.7 Å². The third kappa shape index (κ3) is 4.78. The zero-order chi connectivity index (χ0) is 19.9. The van der Waals surface area contributed by atoms with Crippen LogP contribution in [-0.4, -0.2) is 23.3 Å². The molecule has 0 aliphatic carbocycles. The van der Waals surface area contributed by atoms with Gasteiger partial charge in [-0.3, -0.25) is 9.78 Å². The van der Waals surface area contributed by atoms with Crippen LogP contribution in [0.4, 0.5) is 5.69 Å². The number of carbonyl (C=O) groups is 1. The Kier molecular flexibility index (Phi) is 6.45. The average molecular weight is 391 g/mol. The predicted molar refractivity (Wildman–Crippen MR) is 116 cm³/mol. The van der Waals surface area contributed by atoms with Crippen molar-refractivity contribution in [3.05, 3.63) is 78.1 Å². The van der Waals surface area contributed by atoms with Crippen LogP contribution in [0.1, 0.15) is 11.3 Å². The van der Waals surface area contributed by atoms with Crippen LogP contribution in [0.25, 0.3) is 11.1 Å². The first-order valence-corrected chi connectivity index (χ1v) is 9.41. The number of para-hydroxylation sites is 1. The van der Waals surface area contributed by atoms with Crippen LogP contribution in [-0.2, 0) is 11.2 Å². The van der Waals surface area contributed by atoms with Crippen molar-refractivity contribution in [2.24, 2.45) is 10.7 Å². The molecule has 0 saturated carbocycles. The highest BCUT2D eigenvalue weighted by Crippen LogP contribution is 2.26. The maximum Gasteiger partial charge on any atom is 0.286 e. The molecule has 0 aliphatic heterocycles. The van der Waals surface area contributed by atoms with Gasteiger partial charge in [-0.15, -0.1) is 12.6 Å². The van der Waals surface area contributed by atoms with Crippen molar-refractivity contribution in [2.75, 3.05) is 6.54 Å². The molecule has 0 unspecified atom stereocenters. The number of nitrogens with zero attached hydrogens (tertiary/aromatic N) is 2. The first-order chi connectivity index (χ1) is 13.6. The maximum absolute atomic E-state index is 12.3. The van der Waals surface area contributed by atoms with Crippen molar-refractivity contribution in [1.29, 1.82) is 0 Å². The van der Waals surface area contributed by atoms with E-state index in [0.29, 0.717) is 23.5 Å². The van der Waals surface area contributed by atoms with E-state index in [1.165, 1.54) is 0 Å². The summed E-state index contributed by atoms with van der Waals surface area (Å²) in [6, 6.07) is 19.3. The number of rotatable bonds is 5. The molecule has 5 nitrogen and oxygen atoms in total. The molecule has 1 heterocycles. The Hall–Kier alpha value is -3.12. The molecule has 28 heavy (non-hydrogen) atoms. The Balaban J connectivity index is 1.67. The molecule has 6 heteroatoms. The third-order valence-electron chi connectivity index (χ3n) is 4.35. The molecule has 0 saturated heterocycles. The van der Waals surface area contributed by atoms with Crippen LogP contribution < -0.4 is 11.1 Å². The van der Waals surface area contributed by atoms with Crippen molar-refractivity contribution in [3.8, 4) is 11.1 Å². The van der Waals surface area contributed by atoms with Crippen molar-refractivity contribution < 1.29 is 4.79 Å². The molecular weight excluding hydrogens is 368 g/mol. The Morgan fingerprint density at radius 3 is 2.57 bits per heavy atom. The van der Waals surface area contributed by atoms with E-state index in [0.717, 1.165) is 22.4 Å². The minimum absolute atomic E-state index is 0.0853. The number of hydrogen-bond donors (Lipinski definition) is 3. The maximum atomic E-state index is 12.3. The van der Waals surface area contributed by atoms with E-state index in [1.807, 2.05) is 37.3 Å². The fourth-order valence-electron chi connectivity index (χ4n) is 2.91.